The smallest absolute Gasteiger partial charge is 0.237 e. The Hall–Kier alpha value is -2.67. The van der Waals surface area contributed by atoms with Crippen LogP contribution in [0.4, 0.5) is 0 Å². The molecule has 0 radical (unpaired) electrons. The molecule has 1 aromatic heterocycles. The topological polar surface area (TPSA) is 70.5 Å². The van der Waals surface area contributed by atoms with Crippen molar-refractivity contribution in [3.05, 3.63) is 54.1 Å². The van der Waals surface area contributed by atoms with E-state index in [4.69, 9.17) is 0 Å². The van der Waals surface area contributed by atoms with Crippen LogP contribution in [0.1, 0.15) is 24.7 Å². The SMILES string of the molecule is CCn1ccnc1CN(C)C(=O)C[C@H]1C(=O)NCCN1CCc1ccccc1. The lowest BCUT2D eigenvalue weighted by atomic mass is 10.1. The Labute approximate surface area is 166 Å². The zero-order valence-corrected chi connectivity index (χ0v) is 16.7. The molecule has 1 aliphatic rings. The molecule has 1 atom stereocenters. The summed E-state index contributed by atoms with van der Waals surface area (Å²) in [6, 6.07) is 9.81. The van der Waals surface area contributed by atoms with Gasteiger partial charge in [-0.05, 0) is 18.9 Å². The maximum atomic E-state index is 12.8. The molecular formula is C21H29N5O2. The maximum absolute atomic E-state index is 12.8. The molecule has 1 fully saturated rings. The Balaban J connectivity index is 1.60. The number of imidazole rings is 1. The van der Waals surface area contributed by atoms with Gasteiger partial charge in [0.25, 0.3) is 0 Å². The van der Waals surface area contributed by atoms with Gasteiger partial charge in [0, 0.05) is 45.6 Å². The number of aryl methyl sites for hydroxylation is 1. The van der Waals surface area contributed by atoms with Gasteiger partial charge < -0.3 is 14.8 Å². The number of rotatable bonds is 8. The van der Waals surface area contributed by atoms with Crippen molar-refractivity contribution in [3.8, 4) is 0 Å². The molecule has 150 valence electrons. The van der Waals surface area contributed by atoms with Crippen LogP contribution >= 0.6 is 0 Å². The number of piperazine rings is 1. The van der Waals surface area contributed by atoms with Gasteiger partial charge in [-0.15, -0.1) is 0 Å². The Morgan fingerprint density at radius 3 is 2.86 bits per heavy atom. The number of carbonyl (C=O) groups excluding carboxylic acids is 2. The number of aromatic nitrogens is 2. The summed E-state index contributed by atoms with van der Waals surface area (Å²) < 4.78 is 2.02. The number of carbonyl (C=O) groups is 2. The molecule has 0 unspecified atom stereocenters. The van der Waals surface area contributed by atoms with E-state index in [0.29, 0.717) is 13.1 Å². The minimum atomic E-state index is -0.418. The summed E-state index contributed by atoms with van der Waals surface area (Å²) in [6.45, 7) is 5.46. The summed E-state index contributed by atoms with van der Waals surface area (Å²) in [5.74, 6) is 0.751. The highest BCUT2D eigenvalue weighted by Gasteiger charge is 2.32. The van der Waals surface area contributed by atoms with Crippen molar-refractivity contribution < 1.29 is 9.59 Å². The van der Waals surface area contributed by atoms with Crippen molar-refractivity contribution in [2.45, 2.75) is 38.9 Å². The van der Waals surface area contributed by atoms with Crippen LogP contribution in [-0.4, -0.2) is 63.9 Å². The van der Waals surface area contributed by atoms with Gasteiger partial charge in [0.1, 0.15) is 5.82 Å². The first-order valence-electron chi connectivity index (χ1n) is 9.88. The monoisotopic (exact) mass is 383 g/mol. The summed E-state index contributed by atoms with van der Waals surface area (Å²) in [5, 5.41) is 2.90. The lowest BCUT2D eigenvalue weighted by molar-refractivity contribution is -0.138. The van der Waals surface area contributed by atoms with Crippen molar-refractivity contribution in [2.24, 2.45) is 0 Å². The van der Waals surface area contributed by atoms with Gasteiger partial charge in [0.05, 0.1) is 19.0 Å². The summed E-state index contributed by atoms with van der Waals surface area (Å²) in [7, 11) is 1.77. The Morgan fingerprint density at radius 1 is 1.32 bits per heavy atom. The van der Waals surface area contributed by atoms with E-state index in [-0.39, 0.29) is 18.2 Å². The van der Waals surface area contributed by atoms with Gasteiger partial charge in [0.2, 0.25) is 11.8 Å². The largest absolute Gasteiger partial charge is 0.353 e. The van der Waals surface area contributed by atoms with Crippen LogP contribution in [0.15, 0.2) is 42.7 Å². The van der Waals surface area contributed by atoms with E-state index in [0.717, 1.165) is 31.9 Å². The highest BCUT2D eigenvalue weighted by molar-refractivity contribution is 5.88. The number of hydrogen-bond donors (Lipinski definition) is 1. The molecule has 1 N–H and O–H groups in total. The van der Waals surface area contributed by atoms with Crippen LogP contribution in [-0.2, 0) is 29.1 Å². The van der Waals surface area contributed by atoms with Gasteiger partial charge in [0.15, 0.2) is 0 Å². The van der Waals surface area contributed by atoms with E-state index in [1.165, 1.54) is 5.56 Å². The first-order valence-corrected chi connectivity index (χ1v) is 9.88. The van der Waals surface area contributed by atoms with E-state index < -0.39 is 6.04 Å². The normalized spacial score (nSPS) is 17.4. The van der Waals surface area contributed by atoms with Crippen LogP contribution in [0.2, 0.25) is 0 Å². The summed E-state index contributed by atoms with van der Waals surface area (Å²) >= 11 is 0. The van der Waals surface area contributed by atoms with Crippen LogP contribution in [0.25, 0.3) is 0 Å². The highest BCUT2D eigenvalue weighted by atomic mass is 16.2. The van der Waals surface area contributed by atoms with Gasteiger partial charge in [-0.25, -0.2) is 4.98 Å². The van der Waals surface area contributed by atoms with Crippen molar-refractivity contribution in [1.82, 2.24) is 24.7 Å². The number of amides is 2. The molecule has 0 saturated carbocycles. The number of nitrogens with zero attached hydrogens (tertiary/aromatic N) is 4. The molecule has 2 amide bonds. The zero-order chi connectivity index (χ0) is 19.9. The van der Waals surface area contributed by atoms with Gasteiger partial charge in [-0.2, -0.15) is 0 Å². The van der Waals surface area contributed by atoms with E-state index >= 15 is 0 Å². The fraction of sp³-hybridized carbons (Fsp3) is 0.476. The third kappa shape index (κ3) is 4.98. The number of hydrogen-bond acceptors (Lipinski definition) is 4. The van der Waals surface area contributed by atoms with Gasteiger partial charge >= 0.3 is 0 Å². The third-order valence-corrected chi connectivity index (χ3v) is 5.29. The molecule has 2 heterocycles. The number of nitrogens with one attached hydrogen (secondary N) is 1. The van der Waals surface area contributed by atoms with Crippen LogP contribution in [0.3, 0.4) is 0 Å². The third-order valence-electron chi connectivity index (χ3n) is 5.29. The van der Waals surface area contributed by atoms with E-state index in [1.807, 2.05) is 35.9 Å². The molecule has 7 heteroatoms. The van der Waals surface area contributed by atoms with Crippen LogP contribution < -0.4 is 5.32 Å². The average molecular weight is 383 g/mol. The lowest BCUT2D eigenvalue weighted by Crippen LogP contribution is -2.56. The molecule has 0 bridgehead atoms. The highest BCUT2D eigenvalue weighted by Crippen LogP contribution is 2.13. The maximum Gasteiger partial charge on any atom is 0.237 e. The molecule has 1 aromatic carbocycles. The molecule has 2 aromatic rings. The second-order valence-corrected chi connectivity index (χ2v) is 7.16. The Morgan fingerprint density at radius 2 is 2.11 bits per heavy atom. The standard InChI is InChI=1S/C21H29N5O2/c1-3-25-13-10-22-19(25)16-24(2)20(27)15-18-21(28)23-11-14-26(18)12-9-17-7-5-4-6-8-17/h4-8,10,13,18H,3,9,11-12,14-16H2,1-2H3,(H,23,28)/t18-/m0/s1. The molecule has 7 nitrogen and oxygen atoms in total. The summed E-state index contributed by atoms with van der Waals surface area (Å²) in [5.41, 5.74) is 1.24. The predicted octanol–water partition coefficient (Wildman–Crippen LogP) is 1.29. The average Bonchev–Trinajstić information content (AvgIpc) is 3.16. The van der Waals surface area contributed by atoms with Crippen LogP contribution in [0.5, 0.6) is 0 Å². The first kappa shape index (κ1) is 20.1. The summed E-state index contributed by atoms with van der Waals surface area (Å²) in [6.07, 6.45) is 4.71. The second-order valence-electron chi connectivity index (χ2n) is 7.16. The van der Waals surface area contributed by atoms with Gasteiger partial charge in [-0.1, -0.05) is 30.3 Å². The Kier molecular flexibility index (Phi) is 6.81. The fourth-order valence-electron chi connectivity index (χ4n) is 3.57. The Bertz CT molecular complexity index is 789. The van der Waals surface area contributed by atoms with Crippen molar-refractivity contribution >= 4 is 11.8 Å². The molecule has 28 heavy (non-hydrogen) atoms. The molecule has 0 aliphatic carbocycles. The molecule has 1 saturated heterocycles. The zero-order valence-electron chi connectivity index (χ0n) is 16.7. The minimum absolute atomic E-state index is 0.0441. The van der Waals surface area contributed by atoms with E-state index in [2.05, 4.69) is 27.3 Å². The van der Waals surface area contributed by atoms with Crippen LogP contribution in [0, 0.1) is 0 Å². The predicted molar refractivity (Wildman–Crippen MR) is 108 cm³/mol. The summed E-state index contributed by atoms with van der Waals surface area (Å²) in [4.78, 5) is 33.4. The van der Waals surface area contributed by atoms with Crippen molar-refractivity contribution in [3.63, 3.8) is 0 Å². The minimum Gasteiger partial charge on any atom is -0.353 e. The van der Waals surface area contributed by atoms with Crippen molar-refractivity contribution in [2.75, 3.05) is 26.7 Å². The van der Waals surface area contributed by atoms with E-state index in [9.17, 15) is 9.59 Å². The molecule has 1 aliphatic heterocycles. The first-order chi connectivity index (χ1) is 13.6. The number of benzene rings is 1. The lowest BCUT2D eigenvalue weighted by Gasteiger charge is -2.35. The van der Waals surface area contributed by atoms with E-state index in [1.54, 1.807) is 18.1 Å². The van der Waals surface area contributed by atoms with Gasteiger partial charge in [-0.3, -0.25) is 14.5 Å². The quantitative estimate of drug-likeness (QED) is 0.746. The molecule has 3 rings (SSSR count). The van der Waals surface area contributed by atoms with Crippen molar-refractivity contribution in [1.29, 1.82) is 0 Å². The second kappa shape index (κ2) is 9.50. The molecular weight excluding hydrogens is 354 g/mol. The molecule has 0 spiro atoms. The fourth-order valence-corrected chi connectivity index (χ4v) is 3.57.